The summed E-state index contributed by atoms with van der Waals surface area (Å²) >= 11 is 0. The number of nitrogens with zero attached hydrogens (tertiary/aromatic N) is 4. The maximum absolute atomic E-state index is 13.5. The van der Waals surface area contributed by atoms with Crippen molar-refractivity contribution in [2.75, 3.05) is 19.5 Å². The zero-order valence-corrected chi connectivity index (χ0v) is 17.2. The molecule has 0 aliphatic rings. The summed E-state index contributed by atoms with van der Waals surface area (Å²) in [6.45, 7) is 3.90. The number of methoxy groups -OCH3 is 2. The lowest BCUT2D eigenvalue weighted by atomic mass is 10.1. The van der Waals surface area contributed by atoms with E-state index in [1.807, 2.05) is 38.1 Å². The van der Waals surface area contributed by atoms with E-state index in [1.165, 1.54) is 12.1 Å². The Balaban J connectivity index is 1.73. The molecule has 7 nitrogen and oxygen atoms in total. The first-order valence-corrected chi connectivity index (χ1v) is 9.45. The van der Waals surface area contributed by atoms with Crippen LogP contribution in [0.15, 0.2) is 42.5 Å². The standard InChI is InChI=1S/C22H22FN5O2/c1-13-14(2)24-22-26-20(11-15-6-5-7-16(23)10-15)27-28(22)21(13)25-17-8-9-18(29-3)19(12-17)30-4/h5-10,12,25H,11H2,1-4H3. The normalized spacial score (nSPS) is 11.0. The van der Waals surface area contributed by atoms with Gasteiger partial charge in [0.15, 0.2) is 17.3 Å². The molecule has 0 aliphatic carbocycles. The zero-order chi connectivity index (χ0) is 21.3. The molecule has 0 aliphatic heterocycles. The van der Waals surface area contributed by atoms with Crippen molar-refractivity contribution in [3.05, 3.63) is 70.9 Å². The third-order valence-electron chi connectivity index (χ3n) is 4.91. The van der Waals surface area contributed by atoms with Crippen LogP contribution in [0.1, 0.15) is 22.6 Å². The lowest BCUT2D eigenvalue weighted by Gasteiger charge is -2.14. The van der Waals surface area contributed by atoms with E-state index < -0.39 is 0 Å². The van der Waals surface area contributed by atoms with Gasteiger partial charge in [0.25, 0.3) is 5.78 Å². The summed E-state index contributed by atoms with van der Waals surface area (Å²) in [6.07, 6.45) is 0.412. The average molecular weight is 407 g/mol. The molecule has 0 radical (unpaired) electrons. The van der Waals surface area contributed by atoms with E-state index in [2.05, 4.69) is 20.4 Å². The quantitative estimate of drug-likeness (QED) is 0.516. The lowest BCUT2D eigenvalue weighted by molar-refractivity contribution is 0.355. The summed E-state index contributed by atoms with van der Waals surface area (Å²) in [4.78, 5) is 9.09. The Hall–Kier alpha value is -3.68. The Bertz CT molecular complexity index is 1220. The molecule has 30 heavy (non-hydrogen) atoms. The molecule has 2 aromatic heterocycles. The number of aromatic nitrogens is 4. The number of hydrogen-bond donors (Lipinski definition) is 1. The second-order valence-electron chi connectivity index (χ2n) is 6.91. The van der Waals surface area contributed by atoms with Gasteiger partial charge < -0.3 is 14.8 Å². The smallest absolute Gasteiger partial charge is 0.254 e. The van der Waals surface area contributed by atoms with Crippen LogP contribution in [-0.4, -0.2) is 33.8 Å². The van der Waals surface area contributed by atoms with Crippen LogP contribution >= 0.6 is 0 Å². The van der Waals surface area contributed by atoms with Crippen LogP contribution in [0.2, 0.25) is 0 Å². The maximum atomic E-state index is 13.5. The largest absolute Gasteiger partial charge is 0.493 e. The van der Waals surface area contributed by atoms with Crippen molar-refractivity contribution in [1.29, 1.82) is 0 Å². The number of fused-ring (bicyclic) bond motifs is 1. The second-order valence-corrected chi connectivity index (χ2v) is 6.91. The minimum Gasteiger partial charge on any atom is -0.493 e. The first-order chi connectivity index (χ1) is 14.5. The molecule has 0 bridgehead atoms. The molecule has 0 atom stereocenters. The lowest BCUT2D eigenvalue weighted by Crippen LogP contribution is -2.06. The van der Waals surface area contributed by atoms with Crippen molar-refractivity contribution in [1.82, 2.24) is 19.6 Å². The van der Waals surface area contributed by atoms with E-state index in [0.29, 0.717) is 29.5 Å². The zero-order valence-electron chi connectivity index (χ0n) is 17.2. The minimum absolute atomic E-state index is 0.281. The number of nitrogens with one attached hydrogen (secondary N) is 1. The monoisotopic (exact) mass is 407 g/mol. The SMILES string of the molecule is COc1ccc(Nc2c(C)c(C)nc3nc(Cc4cccc(F)c4)nn23)cc1OC. The van der Waals surface area contributed by atoms with Crippen molar-refractivity contribution in [2.24, 2.45) is 0 Å². The van der Waals surface area contributed by atoms with Gasteiger partial charge in [0.2, 0.25) is 0 Å². The number of benzene rings is 2. The van der Waals surface area contributed by atoms with Crippen LogP contribution in [0.5, 0.6) is 11.5 Å². The van der Waals surface area contributed by atoms with Crippen LogP contribution in [0, 0.1) is 19.7 Å². The molecule has 1 N–H and O–H groups in total. The molecule has 0 fully saturated rings. The number of rotatable bonds is 6. The van der Waals surface area contributed by atoms with Crippen molar-refractivity contribution in [3.63, 3.8) is 0 Å². The highest BCUT2D eigenvalue weighted by atomic mass is 19.1. The molecule has 2 aromatic carbocycles. The highest BCUT2D eigenvalue weighted by molar-refractivity contribution is 5.65. The predicted molar refractivity (Wildman–Crippen MR) is 112 cm³/mol. The molecule has 8 heteroatoms. The summed E-state index contributed by atoms with van der Waals surface area (Å²) < 4.78 is 25.9. The Morgan fingerprint density at radius 3 is 2.53 bits per heavy atom. The van der Waals surface area contributed by atoms with E-state index in [9.17, 15) is 4.39 Å². The van der Waals surface area contributed by atoms with Crippen LogP contribution in [0.3, 0.4) is 0 Å². The number of anilines is 2. The average Bonchev–Trinajstić information content (AvgIpc) is 3.13. The highest BCUT2D eigenvalue weighted by Crippen LogP contribution is 2.32. The van der Waals surface area contributed by atoms with Gasteiger partial charge in [0, 0.05) is 29.4 Å². The molecular weight excluding hydrogens is 385 g/mol. The molecule has 0 unspecified atom stereocenters. The van der Waals surface area contributed by atoms with Crippen molar-refractivity contribution in [3.8, 4) is 11.5 Å². The van der Waals surface area contributed by atoms with Gasteiger partial charge in [0.05, 0.1) is 14.2 Å². The predicted octanol–water partition coefficient (Wildman–Crippen LogP) is 4.23. The number of ether oxygens (including phenoxy) is 2. The Morgan fingerprint density at radius 1 is 1.00 bits per heavy atom. The minimum atomic E-state index is -0.281. The van der Waals surface area contributed by atoms with Crippen LogP contribution in [0.25, 0.3) is 5.78 Å². The number of aryl methyl sites for hydroxylation is 1. The third-order valence-corrected chi connectivity index (χ3v) is 4.91. The molecule has 0 amide bonds. The number of hydrogen-bond acceptors (Lipinski definition) is 6. The van der Waals surface area contributed by atoms with Crippen molar-refractivity contribution in [2.45, 2.75) is 20.3 Å². The molecule has 154 valence electrons. The number of halogens is 1. The van der Waals surface area contributed by atoms with Crippen molar-refractivity contribution < 1.29 is 13.9 Å². The van der Waals surface area contributed by atoms with Gasteiger partial charge in [-0.1, -0.05) is 12.1 Å². The van der Waals surface area contributed by atoms with E-state index >= 15 is 0 Å². The Morgan fingerprint density at radius 2 is 1.80 bits per heavy atom. The summed E-state index contributed by atoms with van der Waals surface area (Å²) in [7, 11) is 3.19. The molecule has 0 spiro atoms. The van der Waals surface area contributed by atoms with E-state index in [1.54, 1.807) is 24.8 Å². The van der Waals surface area contributed by atoms with Crippen molar-refractivity contribution >= 4 is 17.3 Å². The van der Waals surface area contributed by atoms with Gasteiger partial charge in [0.1, 0.15) is 11.6 Å². The molecule has 4 rings (SSSR count). The van der Waals surface area contributed by atoms with Gasteiger partial charge in [-0.3, -0.25) is 0 Å². The fraction of sp³-hybridized carbons (Fsp3) is 0.227. The highest BCUT2D eigenvalue weighted by Gasteiger charge is 2.15. The van der Waals surface area contributed by atoms with Crippen LogP contribution in [0.4, 0.5) is 15.9 Å². The van der Waals surface area contributed by atoms with Gasteiger partial charge in [-0.05, 0) is 43.7 Å². The summed E-state index contributed by atoms with van der Waals surface area (Å²) in [5.74, 6) is 2.78. The van der Waals surface area contributed by atoms with Gasteiger partial charge in [-0.25, -0.2) is 9.37 Å². The first kappa shape index (κ1) is 19.6. The van der Waals surface area contributed by atoms with Gasteiger partial charge in [-0.15, -0.1) is 5.10 Å². The van der Waals surface area contributed by atoms with Crippen LogP contribution < -0.4 is 14.8 Å². The molecule has 2 heterocycles. The molecule has 0 saturated carbocycles. The van der Waals surface area contributed by atoms with Gasteiger partial charge in [-0.2, -0.15) is 9.50 Å². The van der Waals surface area contributed by atoms with E-state index in [0.717, 1.165) is 28.3 Å². The summed E-state index contributed by atoms with van der Waals surface area (Å²) in [5, 5.41) is 8.01. The topological polar surface area (TPSA) is 73.6 Å². The maximum Gasteiger partial charge on any atom is 0.254 e. The summed E-state index contributed by atoms with van der Waals surface area (Å²) in [6, 6.07) is 12.0. The summed E-state index contributed by atoms with van der Waals surface area (Å²) in [5.41, 5.74) is 3.40. The molecular formula is C22H22FN5O2. The first-order valence-electron chi connectivity index (χ1n) is 9.45. The fourth-order valence-corrected chi connectivity index (χ4v) is 3.23. The van der Waals surface area contributed by atoms with E-state index in [-0.39, 0.29) is 5.82 Å². The second kappa shape index (κ2) is 7.98. The van der Waals surface area contributed by atoms with E-state index in [4.69, 9.17) is 9.47 Å². The van der Waals surface area contributed by atoms with Crippen LogP contribution in [-0.2, 0) is 6.42 Å². The fourth-order valence-electron chi connectivity index (χ4n) is 3.23. The molecule has 0 saturated heterocycles. The Kier molecular flexibility index (Phi) is 5.22. The Labute approximate surface area is 173 Å². The third kappa shape index (κ3) is 3.76. The molecule has 4 aromatic rings. The van der Waals surface area contributed by atoms with Gasteiger partial charge >= 0.3 is 0 Å².